The van der Waals surface area contributed by atoms with E-state index in [1.165, 1.54) is 12.8 Å². The molecule has 0 aliphatic heterocycles. The normalized spacial score (nSPS) is 13.6. The van der Waals surface area contributed by atoms with Gasteiger partial charge in [0.05, 0.1) is 10.5 Å². The second kappa shape index (κ2) is 9.33. The molecular formula is C16H28Br2N2O. The SMILES string of the molecule is CC(C)CCN(CCC(C)C)C(CN)c1cc(Br)c(Br)o1. The van der Waals surface area contributed by atoms with Gasteiger partial charge in [-0.05, 0) is 75.7 Å². The number of hydrogen-bond acceptors (Lipinski definition) is 3. The van der Waals surface area contributed by atoms with E-state index in [1.807, 2.05) is 6.07 Å². The van der Waals surface area contributed by atoms with Crippen molar-refractivity contribution >= 4 is 31.9 Å². The highest BCUT2D eigenvalue weighted by Gasteiger charge is 2.23. The Balaban J connectivity index is 2.84. The minimum atomic E-state index is 0.144. The van der Waals surface area contributed by atoms with E-state index < -0.39 is 0 Å². The van der Waals surface area contributed by atoms with E-state index in [9.17, 15) is 0 Å². The van der Waals surface area contributed by atoms with Gasteiger partial charge in [0, 0.05) is 6.54 Å². The third-order valence-electron chi connectivity index (χ3n) is 3.64. The predicted octanol–water partition coefficient (Wildman–Crippen LogP) is 5.20. The smallest absolute Gasteiger partial charge is 0.183 e. The van der Waals surface area contributed by atoms with Gasteiger partial charge in [-0.1, -0.05) is 27.7 Å². The van der Waals surface area contributed by atoms with E-state index in [4.69, 9.17) is 10.2 Å². The zero-order valence-corrected chi connectivity index (χ0v) is 16.7. The van der Waals surface area contributed by atoms with Gasteiger partial charge in [0.25, 0.3) is 0 Å². The molecule has 1 rings (SSSR count). The van der Waals surface area contributed by atoms with E-state index in [0.717, 1.165) is 28.0 Å². The molecule has 0 amide bonds. The van der Waals surface area contributed by atoms with E-state index in [-0.39, 0.29) is 6.04 Å². The van der Waals surface area contributed by atoms with Gasteiger partial charge in [-0.3, -0.25) is 4.90 Å². The Bertz CT molecular complexity index is 387. The molecule has 122 valence electrons. The summed E-state index contributed by atoms with van der Waals surface area (Å²) in [5.74, 6) is 2.32. The van der Waals surface area contributed by atoms with E-state index in [2.05, 4.69) is 64.5 Å². The highest BCUT2D eigenvalue weighted by molar-refractivity contribution is 9.13. The molecule has 3 nitrogen and oxygen atoms in total. The van der Waals surface area contributed by atoms with Crippen LogP contribution in [0.2, 0.25) is 0 Å². The lowest BCUT2D eigenvalue weighted by Gasteiger charge is -2.30. The molecule has 1 heterocycles. The molecule has 0 spiro atoms. The number of nitrogens with zero attached hydrogens (tertiary/aromatic N) is 1. The monoisotopic (exact) mass is 422 g/mol. The lowest BCUT2D eigenvalue weighted by Crippen LogP contribution is -2.36. The lowest BCUT2D eigenvalue weighted by atomic mass is 10.1. The molecule has 2 N–H and O–H groups in total. The minimum absolute atomic E-state index is 0.144. The van der Waals surface area contributed by atoms with Gasteiger partial charge < -0.3 is 10.2 Å². The maximum Gasteiger partial charge on any atom is 0.183 e. The molecule has 0 radical (unpaired) electrons. The van der Waals surface area contributed by atoms with Gasteiger partial charge in [-0.2, -0.15) is 0 Å². The van der Waals surface area contributed by atoms with E-state index in [0.29, 0.717) is 18.4 Å². The van der Waals surface area contributed by atoms with Crippen molar-refractivity contribution in [1.29, 1.82) is 0 Å². The Kier molecular flexibility index (Phi) is 8.54. The van der Waals surface area contributed by atoms with Crippen molar-refractivity contribution in [3.63, 3.8) is 0 Å². The highest BCUT2D eigenvalue weighted by Crippen LogP contribution is 2.32. The molecule has 0 saturated carbocycles. The summed E-state index contributed by atoms with van der Waals surface area (Å²) in [6, 6.07) is 2.17. The first-order valence-electron chi connectivity index (χ1n) is 7.74. The summed E-state index contributed by atoms with van der Waals surface area (Å²) in [6.45, 7) is 11.7. The molecule has 0 aliphatic rings. The quantitative estimate of drug-likeness (QED) is 0.593. The summed E-state index contributed by atoms with van der Waals surface area (Å²) < 4.78 is 7.50. The van der Waals surface area contributed by atoms with Crippen molar-refractivity contribution in [3.05, 3.63) is 21.0 Å². The Hall–Kier alpha value is 0.160. The zero-order chi connectivity index (χ0) is 16.0. The number of nitrogens with two attached hydrogens (primary N) is 1. The topological polar surface area (TPSA) is 42.4 Å². The molecule has 1 atom stereocenters. The van der Waals surface area contributed by atoms with Crippen LogP contribution < -0.4 is 5.73 Å². The molecule has 0 aromatic carbocycles. The molecule has 0 fully saturated rings. The van der Waals surface area contributed by atoms with Crippen molar-refractivity contribution in [2.24, 2.45) is 17.6 Å². The molecule has 1 aromatic heterocycles. The molecule has 0 aliphatic carbocycles. The minimum Gasteiger partial charge on any atom is -0.451 e. The Morgan fingerprint density at radius 1 is 1.10 bits per heavy atom. The average molecular weight is 424 g/mol. The van der Waals surface area contributed by atoms with Gasteiger partial charge in [0.15, 0.2) is 4.67 Å². The van der Waals surface area contributed by atoms with Crippen LogP contribution in [0.1, 0.15) is 52.3 Å². The summed E-state index contributed by atoms with van der Waals surface area (Å²) in [4.78, 5) is 2.47. The predicted molar refractivity (Wildman–Crippen MR) is 96.4 cm³/mol. The van der Waals surface area contributed by atoms with Crippen LogP contribution in [0.25, 0.3) is 0 Å². The molecule has 5 heteroatoms. The summed E-state index contributed by atoms with van der Waals surface area (Å²) >= 11 is 6.90. The number of furan rings is 1. The van der Waals surface area contributed by atoms with Crippen LogP contribution in [0.15, 0.2) is 19.6 Å². The first-order chi connectivity index (χ1) is 9.85. The van der Waals surface area contributed by atoms with Crippen molar-refractivity contribution in [1.82, 2.24) is 4.90 Å². The van der Waals surface area contributed by atoms with Crippen LogP contribution in [0, 0.1) is 11.8 Å². The molecule has 0 saturated heterocycles. The standard InChI is InChI=1S/C16H28Br2N2O/c1-11(2)5-7-20(8-6-12(3)4)14(10-19)15-9-13(17)16(18)21-15/h9,11-12,14H,5-8,10,19H2,1-4H3. The molecule has 21 heavy (non-hydrogen) atoms. The molecule has 1 aromatic rings. The van der Waals surface area contributed by atoms with Crippen LogP contribution in [-0.4, -0.2) is 24.5 Å². The fourth-order valence-corrected chi connectivity index (χ4v) is 2.85. The molecular weight excluding hydrogens is 396 g/mol. The van der Waals surface area contributed by atoms with Crippen molar-refractivity contribution in [3.8, 4) is 0 Å². The zero-order valence-electron chi connectivity index (χ0n) is 13.5. The van der Waals surface area contributed by atoms with Gasteiger partial charge >= 0.3 is 0 Å². The average Bonchev–Trinajstić information content (AvgIpc) is 2.72. The fourth-order valence-electron chi connectivity index (χ4n) is 2.24. The molecule has 0 bridgehead atoms. The lowest BCUT2D eigenvalue weighted by molar-refractivity contribution is 0.161. The first-order valence-corrected chi connectivity index (χ1v) is 9.32. The third-order valence-corrected chi connectivity index (χ3v) is 5.35. The van der Waals surface area contributed by atoms with Crippen molar-refractivity contribution < 1.29 is 4.42 Å². The maximum atomic E-state index is 6.05. The fraction of sp³-hybridized carbons (Fsp3) is 0.750. The number of halogens is 2. The van der Waals surface area contributed by atoms with Crippen LogP contribution in [0.5, 0.6) is 0 Å². The first kappa shape index (κ1) is 19.2. The summed E-state index contributed by atoms with van der Waals surface area (Å²) in [7, 11) is 0. The number of hydrogen-bond donors (Lipinski definition) is 1. The van der Waals surface area contributed by atoms with Crippen LogP contribution >= 0.6 is 31.9 Å². The van der Waals surface area contributed by atoms with Gasteiger partial charge in [0.1, 0.15) is 5.76 Å². The highest BCUT2D eigenvalue weighted by atomic mass is 79.9. The summed E-state index contributed by atoms with van der Waals surface area (Å²) in [6.07, 6.45) is 2.36. The van der Waals surface area contributed by atoms with Gasteiger partial charge in [-0.25, -0.2) is 0 Å². The Morgan fingerprint density at radius 3 is 1.95 bits per heavy atom. The Labute approximate surface area is 145 Å². The second-order valence-corrected chi connectivity index (χ2v) is 8.00. The summed E-state index contributed by atoms with van der Waals surface area (Å²) in [5, 5.41) is 0. The van der Waals surface area contributed by atoms with E-state index >= 15 is 0 Å². The third kappa shape index (κ3) is 6.43. The van der Waals surface area contributed by atoms with Gasteiger partial charge in [0.2, 0.25) is 0 Å². The van der Waals surface area contributed by atoms with Crippen molar-refractivity contribution in [2.75, 3.05) is 19.6 Å². The van der Waals surface area contributed by atoms with Crippen LogP contribution in [-0.2, 0) is 0 Å². The molecule has 1 unspecified atom stereocenters. The van der Waals surface area contributed by atoms with Crippen molar-refractivity contribution in [2.45, 2.75) is 46.6 Å². The Morgan fingerprint density at radius 2 is 1.62 bits per heavy atom. The number of rotatable bonds is 9. The van der Waals surface area contributed by atoms with Gasteiger partial charge in [-0.15, -0.1) is 0 Å². The maximum absolute atomic E-state index is 6.05. The van der Waals surface area contributed by atoms with Crippen LogP contribution in [0.4, 0.5) is 0 Å². The summed E-state index contributed by atoms with van der Waals surface area (Å²) in [5.41, 5.74) is 6.05. The largest absolute Gasteiger partial charge is 0.451 e. The van der Waals surface area contributed by atoms with E-state index in [1.54, 1.807) is 0 Å². The second-order valence-electron chi connectivity index (χ2n) is 6.42. The van der Waals surface area contributed by atoms with Crippen LogP contribution in [0.3, 0.4) is 0 Å².